The van der Waals surface area contributed by atoms with Crippen molar-refractivity contribution in [2.45, 2.75) is 19.4 Å². The number of hydrogen-bond donors (Lipinski definition) is 1. The summed E-state index contributed by atoms with van der Waals surface area (Å²) >= 11 is 1.40. The van der Waals surface area contributed by atoms with Crippen molar-refractivity contribution in [2.24, 2.45) is 0 Å². The molecule has 1 aromatic carbocycles. The highest BCUT2D eigenvalue weighted by atomic mass is 32.1. The third-order valence-corrected chi connectivity index (χ3v) is 3.71. The van der Waals surface area contributed by atoms with Crippen LogP contribution in [0.1, 0.15) is 17.4 Å². The lowest BCUT2D eigenvalue weighted by molar-refractivity contribution is -0.124. The molecule has 0 radical (unpaired) electrons. The number of thiazole rings is 1. The Hall–Kier alpha value is -1.79. The van der Waals surface area contributed by atoms with Gasteiger partial charge in [0.05, 0.1) is 0 Å². The Morgan fingerprint density at radius 1 is 1.45 bits per heavy atom. The maximum atomic E-state index is 12.8. The van der Waals surface area contributed by atoms with E-state index in [1.165, 1.54) is 30.6 Å². The Morgan fingerprint density at radius 2 is 2.15 bits per heavy atom. The number of ether oxygens (including phenoxy) is 1. The molecule has 1 amide bonds. The van der Waals surface area contributed by atoms with Crippen LogP contribution in [0.25, 0.3) is 0 Å². The number of amides is 1. The van der Waals surface area contributed by atoms with Crippen LogP contribution in [0.3, 0.4) is 0 Å². The van der Waals surface area contributed by atoms with E-state index in [1.54, 1.807) is 25.3 Å². The van der Waals surface area contributed by atoms with Crippen LogP contribution in [0.4, 0.5) is 9.52 Å². The molecule has 0 aliphatic carbocycles. The number of methoxy groups -OCH3 is 1. The second kappa shape index (κ2) is 6.58. The Kier molecular flexibility index (Phi) is 4.81. The molecule has 1 N–H and O–H groups in total. The fourth-order valence-electron chi connectivity index (χ4n) is 1.56. The van der Waals surface area contributed by atoms with E-state index in [-0.39, 0.29) is 11.7 Å². The fourth-order valence-corrected chi connectivity index (χ4v) is 2.41. The molecule has 1 heterocycles. The van der Waals surface area contributed by atoms with Gasteiger partial charge >= 0.3 is 0 Å². The van der Waals surface area contributed by atoms with Gasteiger partial charge in [0.15, 0.2) is 5.13 Å². The van der Waals surface area contributed by atoms with E-state index in [0.717, 1.165) is 10.4 Å². The van der Waals surface area contributed by atoms with E-state index >= 15 is 0 Å². The van der Waals surface area contributed by atoms with Gasteiger partial charge < -0.3 is 4.74 Å². The summed E-state index contributed by atoms with van der Waals surface area (Å²) in [5.74, 6) is -0.477. The van der Waals surface area contributed by atoms with Crippen LogP contribution in [0.5, 0.6) is 0 Å². The number of anilines is 1. The van der Waals surface area contributed by atoms with Crippen LogP contribution in [0.15, 0.2) is 30.5 Å². The topological polar surface area (TPSA) is 51.2 Å². The monoisotopic (exact) mass is 294 g/mol. The van der Waals surface area contributed by atoms with Crippen molar-refractivity contribution in [2.75, 3.05) is 12.4 Å². The normalized spacial score (nSPS) is 12.2. The highest BCUT2D eigenvalue weighted by Gasteiger charge is 2.13. The molecule has 0 unspecified atom stereocenters. The Labute approximate surface area is 120 Å². The second-order valence-electron chi connectivity index (χ2n) is 4.30. The van der Waals surface area contributed by atoms with Gasteiger partial charge in [0, 0.05) is 24.6 Å². The summed E-state index contributed by atoms with van der Waals surface area (Å²) in [4.78, 5) is 16.8. The molecule has 20 heavy (non-hydrogen) atoms. The second-order valence-corrected chi connectivity index (χ2v) is 5.42. The smallest absolute Gasteiger partial charge is 0.254 e. The number of benzene rings is 1. The minimum atomic E-state index is -0.514. The summed E-state index contributed by atoms with van der Waals surface area (Å²) in [5, 5.41) is 3.23. The summed E-state index contributed by atoms with van der Waals surface area (Å²) in [6.07, 6.45) is 1.86. The summed E-state index contributed by atoms with van der Waals surface area (Å²) in [6, 6.07) is 6.33. The first-order chi connectivity index (χ1) is 9.58. The van der Waals surface area contributed by atoms with Gasteiger partial charge in [-0.05, 0) is 24.6 Å². The molecule has 0 bridgehead atoms. The summed E-state index contributed by atoms with van der Waals surface area (Å²) in [5.41, 5.74) is 0.998. The van der Waals surface area contributed by atoms with Gasteiger partial charge in [0.2, 0.25) is 0 Å². The number of carbonyl (C=O) groups is 1. The van der Waals surface area contributed by atoms with Crippen molar-refractivity contribution in [1.29, 1.82) is 0 Å². The molecule has 6 heteroatoms. The highest BCUT2D eigenvalue weighted by Crippen LogP contribution is 2.21. The number of aromatic nitrogens is 1. The molecule has 0 fully saturated rings. The van der Waals surface area contributed by atoms with Crippen LogP contribution in [-0.4, -0.2) is 24.1 Å². The molecule has 1 aromatic heterocycles. The van der Waals surface area contributed by atoms with E-state index in [4.69, 9.17) is 4.74 Å². The minimum Gasteiger partial charge on any atom is -0.372 e. The summed E-state index contributed by atoms with van der Waals surface area (Å²) in [7, 11) is 1.48. The molecule has 0 aliphatic rings. The van der Waals surface area contributed by atoms with Crippen LogP contribution in [0.2, 0.25) is 0 Å². The zero-order valence-electron chi connectivity index (χ0n) is 11.2. The molecular weight excluding hydrogens is 279 g/mol. The first-order valence-electron chi connectivity index (χ1n) is 6.11. The van der Waals surface area contributed by atoms with Crippen molar-refractivity contribution >= 4 is 22.4 Å². The zero-order chi connectivity index (χ0) is 14.5. The number of carbonyl (C=O) groups excluding carboxylic acids is 1. The SMILES string of the molecule is CO[C@@H](C)C(=O)Nc1ncc(Cc2ccc(F)cc2)s1. The lowest BCUT2D eigenvalue weighted by Crippen LogP contribution is -2.26. The number of halogens is 1. The van der Waals surface area contributed by atoms with E-state index in [2.05, 4.69) is 10.3 Å². The van der Waals surface area contributed by atoms with Gasteiger partial charge in [0.1, 0.15) is 11.9 Å². The van der Waals surface area contributed by atoms with Gasteiger partial charge in [-0.3, -0.25) is 10.1 Å². The molecule has 2 rings (SSSR count). The average Bonchev–Trinajstić information content (AvgIpc) is 2.87. The molecule has 0 aliphatic heterocycles. The van der Waals surface area contributed by atoms with Crippen LogP contribution < -0.4 is 5.32 Å². The molecule has 106 valence electrons. The van der Waals surface area contributed by atoms with Crippen LogP contribution in [0, 0.1) is 5.82 Å². The minimum absolute atomic E-state index is 0.227. The standard InChI is InChI=1S/C14H15FN2O2S/c1-9(19-2)13(18)17-14-16-8-12(20-14)7-10-3-5-11(15)6-4-10/h3-6,8-9H,7H2,1-2H3,(H,16,17,18)/t9-/m0/s1. The number of hydrogen-bond acceptors (Lipinski definition) is 4. The average molecular weight is 294 g/mol. The van der Waals surface area contributed by atoms with Crippen molar-refractivity contribution < 1.29 is 13.9 Å². The van der Waals surface area contributed by atoms with Crippen LogP contribution >= 0.6 is 11.3 Å². The zero-order valence-corrected chi connectivity index (χ0v) is 12.0. The Morgan fingerprint density at radius 3 is 2.80 bits per heavy atom. The summed E-state index contributed by atoms with van der Waals surface area (Å²) in [6.45, 7) is 1.67. The fraction of sp³-hybridized carbons (Fsp3) is 0.286. The quantitative estimate of drug-likeness (QED) is 0.922. The molecule has 0 saturated carbocycles. The van der Waals surface area contributed by atoms with Gasteiger partial charge in [-0.15, -0.1) is 11.3 Å². The van der Waals surface area contributed by atoms with Crippen molar-refractivity contribution in [1.82, 2.24) is 4.98 Å². The van der Waals surface area contributed by atoms with E-state index in [9.17, 15) is 9.18 Å². The predicted octanol–water partition coefficient (Wildman–Crippen LogP) is 2.85. The lowest BCUT2D eigenvalue weighted by Gasteiger charge is -2.07. The molecule has 0 spiro atoms. The van der Waals surface area contributed by atoms with Gasteiger partial charge in [-0.25, -0.2) is 9.37 Å². The maximum Gasteiger partial charge on any atom is 0.254 e. The first kappa shape index (κ1) is 14.6. The third-order valence-electron chi connectivity index (χ3n) is 2.80. The maximum absolute atomic E-state index is 12.8. The van der Waals surface area contributed by atoms with Crippen molar-refractivity contribution in [3.8, 4) is 0 Å². The predicted molar refractivity (Wildman–Crippen MR) is 76.4 cm³/mol. The number of nitrogens with zero attached hydrogens (tertiary/aromatic N) is 1. The Balaban J connectivity index is 1.98. The molecular formula is C14H15FN2O2S. The van der Waals surface area contributed by atoms with Crippen LogP contribution in [-0.2, 0) is 16.0 Å². The Bertz CT molecular complexity index is 583. The van der Waals surface area contributed by atoms with E-state index in [1.807, 2.05) is 0 Å². The molecule has 1 atom stereocenters. The van der Waals surface area contributed by atoms with Gasteiger partial charge in [-0.1, -0.05) is 12.1 Å². The largest absolute Gasteiger partial charge is 0.372 e. The van der Waals surface area contributed by atoms with Gasteiger partial charge in [-0.2, -0.15) is 0 Å². The number of rotatable bonds is 5. The van der Waals surface area contributed by atoms with Crippen molar-refractivity contribution in [3.05, 3.63) is 46.7 Å². The number of nitrogens with one attached hydrogen (secondary N) is 1. The summed E-state index contributed by atoms with van der Waals surface area (Å²) < 4.78 is 17.7. The highest BCUT2D eigenvalue weighted by molar-refractivity contribution is 7.15. The first-order valence-corrected chi connectivity index (χ1v) is 6.93. The lowest BCUT2D eigenvalue weighted by atomic mass is 10.1. The third kappa shape index (κ3) is 3.85. The van der Waals surface area contributed by atoms with Crippen molar-refractivity contribution in [3.63, 3.8) is 0 Å². The van der Waals surface area contributed by atoms with E-state index in [0.29, 0.717) is 11.6 Å². The molecule has 2 aromatic rings. The molecule has 0 saturated heterocycles. The molecule has 4 nitrogen and oxygen atoms in total. The van der Waals surface area contributed by atoms with Gasteiger partial charge in [0.25, 0.3) is 5.91 Å². The van der Waals surface area contributed by atoms with E-state index < -0.39 is 6.10 Å².